The van der Waals surface area contributed by atoms with E-state index < -0.39 is 0 Å². The third-order valence-corrected chi connectivity index (χ3v) is 2.73. The maximum absolute atomic E-state index is 4.19. The lowest BCUT2D eigenvalue weighted by atomic mass is 10.3. The van der Waals surface area contributed by atoms with Gasteiger partial charge in [0.15, 0.2) is 5.96 Å². The normalized spacial score (nSPS) is 11.9. The van der Waals surface area contributed by atoms with Gasteiger partial charge in [0, 0.05) is 26.7 Å². The first kappa shape index (κ1) is 16.2. The standard InChI is InChI=1S/C13H30N4/c1-5-7-9-15-13(14-3)16-10-12-17(4)11-8-6-2/h5-12H2,1-4H3,(H2,14,15,16). The number of rotatable bonds is 9. The van der Waals surface area contributed by atoms with E-state index in [-0.39, 0.29) is 0 Å². The number of likely N-dealkylation sites (N-methyl/N-ethyl adjacent to an activating group) is 1. The maximum atomic E-state index is 4.19. The van der Waals surface area contributed by atoms with E-state index in [9.17, 15) is 0 Å². The molecule has 0 spiro atoms. The highest BCUT2D eigenvalue weighted by Gasteiger charge is 1.99. The van der Waals surface area contributed by atoms with E-state index in [1.54, 1.807) is 0 Å². The molecular formula is C13H30N4. The Bertz CT molecular complexity index is 192. The second-order valence-corrected chi connectivity index (χ2v) is 4.44. The predicted octanol–water partition coefficient (Wildman–Crippen LogP) is 1.68. The van der Waals surface area contributed by atoms with Crippen LogP contribution in [0, 0.1) is 0 Å². The van der Waals surface area contributed by atoms with Gasteiger partial charge in [-0.25, -0.2) is 0 Å². The van der Waals surface area contributed by atoms with E-state index in [1.165, 1.54) is 32.2 Å². The lowest BCUT2D eigenvalue weighted by molar-refractivity contribution is 0.332. The summed E-state index contributed by atoms with van der Waals surface area (Å²) in [5.74, 6) is 0.919. The van der Waals surface area contributed by atoms with Crippen molar-refractivity contribution < 1.29 is 0 Å². The number of aliphatic imine (C=N–C) groups is 1. The summed E-state index contributed by atoms with van der Waals surface area (Å²) in [6.45, 7) is 8.62. The molecule has 102 valence electrons. The van der Waals surface area contributed by atoms with Gasteiger partial charge >= 0.3 is 0 Å². The molecule has 0 fully saturated rings. The van der Waals surface area contributed by atoms with Crippen LogP contribution >= 0.6 is 0 Å². The molecule has 0 amide bonds. The first-order valence-electron chi connectivity index (χ1n) is 6.87. The average Bonchev–Trinajstić information content (AvgIpc) is 2.34. The van der Waals surface area contributed by atoms with Gasteiger partial charge in [-0.3, -0.25) is 4.99 Å². The van der Waals surface area contributed by atoms with E-state index in [1.807, 2.05) is 7.05 Å². The Labute approximate surface area is 107 Å². The first-order chi connectivity index (χ1) is 8.24. The third kappa shape index (κ3) is 10.1. The highest BCUT2D eigenvalue weighted by Crippen LogP contribution is 1.90. The van der Waals surface area contributed by atoms with Crippen molar-refractivity contribution in [3.05, 3.63) is 0 Å². The molecule has 2 N–H and O–H groups in total. The number of unbranched alkanes of at least 4 members (excludes halogenated alkanes) is 2. The molecule has 0 aliphatic carbocycles. The van der Waals surface area contributed by atoms with Gasteiger partial charge < -0.3 is 15.5 Å². The largest absolute Gasteiger partial charge is 0.356 e. The van der Waals surface area contributed by atoms with Crippen molar-refractivity contribution in [2.45, 2.75) is 39.5 Å². The van der Waals surface area contributed by atoms with E-state index in [2.05, 4.69) is 41.4 Å². The number of guanidine groups is 1. The Kier molecular flexibility index (Phi) is 11.2. The Balaban J connectivity index is 3.55. The zero-order valence-corrected chi connectivity index (χ0v) is 12.1. The van der Waals surface area contributed by atoms with Crippen LogP contribution in [0.5, 0.6) is 0 Å². The molecule has 0 aromatic rings. The van der Waals surface area contributed by atoms with Crippen LogP contribution in [0.15, 0.2) is 4.99 Å². The number of hydrogen-bond acceptors (Lipinski definition) is 2. The summed E-state index contributed by atoms with van der Waals surface area (Å²) in [4.78, 5) is 6.55. The van der Waals surface area contributed by atoms with Crippen molar-refractivity contribution >= 4 is 5.96 Å². The van der Waals surface area contributed by atoms with Crippen LogP contribution in [-0.2, 0) is 0 Å². The third-order valence-electron chi connectivity index (χ3n) is 2.73. The van der Waals surface area contributed by atoms with Gasteiger partial charge in [-0.15, -0.1) is 0 Å². The Hall–Kier alpha value is -0.770. The molecule has 0 aliphatic heterocycles. The van der Waals surface area contributed by atoms with Gasteiger partial charge in [0.1, 0.15) is 0 Å². The van der Waals surface area contributed by atoms with Crippen molar-refractivity contribution in [3.8, 4) is 0 Å². The van der Waals surface area contributed by atoms with Gasteiger partial charge in [-0.1, -0.05) is 26.7 Å². The number of hydrogen-bond donors (Lipinski definition) is 2. The van der Waals surface area contributed by atoms with Crippen LogP contribution in [0.1, 0.15) is 39.5 Å². The monoisotopic (exact) mass is 242 g/mol. The second kappa shape index (κ2) is 11.7. The minimum absolute atomic E-state index is 0.919. The summed E-state index contributed by atoms with van der Waals surface area (Å²) in [7, 11) is 3.99. The molecule has 4 heteroatoms. The molecule has 0 heterocycles. The maximum Gasteiger partial charge on any atom is 0.191 e. The molecule has 0 aliphatic rings. The van der Waals surface area contributed by atoms with Crippen molar-refractivity contribution in [1.29, 1.82) is 0 Å². The van der Waals surface area contributed by atoms with Crippen LogP contribution in [0.2, 0.25) is 0 Å². The molecule has 0 atom stereocenters. The van der Waals surface area contributed by atoms with E-state index in [0.29, 0.717) is 0 Å². The summed E-state index contributed by atoms with van der Waals surface area (Å²) < 4.78 is 0. The predicted molar refractivity (Wildman–Crippen MR) is 76.7 cm³/mol. The molecule has 0 saturated carbocycles. The fourth-order valence-electron chi connectivity index (χ4n) is 1.51. The van der Waals surface area contributed by atoms with E-state index >= 15 is 0 Å². The van der Waals surface area contributed by atoms with Crippen LogP contribution in [-0.4, -0.2) is 51.1 Å². The number of nitrogens with zero attached hydrogens (tertiary/aromatic N) is 2. The van der Waals surface area contributed by atoms with Crippen molar-refractivity contribution in [3.63, 3.8) is 0 Å². The molecule has 0 aromatic carbocycles. The fraction of sp³-hybridized carbons (Fsp3) is 0.923. The van der Waals surface area contributed by atoms with Gasteiger partial charge in [-0.05, 0) is 26.4 Å². The topological polar surface area (TPSA) is 39.7 Å². The minimum Gasteiger partial charge on any atom is -0.356 e. The summed E-state index contributed by atoms with van der Waals surface area (Å²) >= 11 is 0. The molecule has 0 radical (unpaired) electrons. The molecule has 0 rings (SSSR count). The van der Waals surface area contributed by atoms with Gasteiger partial charge in [0.05, 0.1) is 0 Å². The molecular weight excluding hydrogens is 212 g/mol. The van der Waals surface area contributed by atoms with Crippen LogP contribution < -0.4 is 10.6 Å². The van der Waals surface area contributed by atoms with Gasteiger partial charge in [0.2, 0.25) is 0 Å². The molecule has 4 nitrogen and oxygen atoms in total. The smallest absolute Gasteiger partial charge is 0.191 e. The van der Waals surface area contributed by atoms with Crippen LogP contribution in [0.25, 0.3) is 0 Å². The van der Waals surface area contributed by atoms with Crippen molar-refractivity contribution in [1.82, 2.24) is 15.5 Å². The van der Waals surface area contributed by atoms with Crippen LogP contribution in [0.4, 0.5) is 0 Å². The van der Waals surface area contributed by atoms with Crippen molar-refractivity contribution in [2.24, 2.45) is 4.99 Å². The lowest BCUT2D eigenvalue weighted by Gasteiger charge is -2.17. The van der Waals surface area contributed by atoms with E-state index in [0.717, 1.165) is 25.6 Å². The van der Waals surface area contributed by atoms with Gasteiger partial charge in [-0.2, -0.15) is 0 Å². The van der Waals surface area contributed by atoms with Crippen molar-refractivity contribution in [2.75, 3.05) is 40.3 Å². The SMILES string of the molecule is CCCCNC(=NC)NCCN(C)CCCC. The summed E-state index contributed by atoms with van der Waals surface area (Å²) in [5, 5.41) is 6.64. The molecule has 17 heavy (non-hydrogen) atoms. The zero-order chi connectivity index (χ0) is 12.9. The average molecular weight is 242 g/mol. The highest BCUT2D eigenvalue weighted by atomic mass is 15.2. The van der Waals surface area contributed by atoms with E-state index in [4.69, 9.17) is 0 Å². The highest BCUT2D eigenvalue weighted by molar-refractivity contribution is 5.79. The summed E-state index contributed by atoms with van der Waals surface area (Å²) in [6.07, 6.45) is 4.94. The molecule has 0 aromatic heterocycles. The number of nitrogens with one attached hydrogen (secondary N) is 2. The summed E-state index contributed by atoms with van der Waals surface area (Å²) in [6, 6.07) is 0. The Morgan fingerprint density at radius 3 is 2.24 bits per heavy atom. The van der Waals surface area contributed by atoms with Gasteiger partial charge in [0.25, 0.3) is 0 Å². The zero-order valence-electron chi connectivity index (χ0n) is 12.1. The van der Waals surface area contributed by atoms with Crippen LogP contribution in [0.3, 0.4) is 0 Å². The quantitative estimate of drug-likeness (QED) is 0.367. The lowest BCUT2D eigenvalue weighted by Crippen LogP contribution is -2.41. The first-order valence-corrected chi connectivity index (χ1v) is 6.87. The molecule has 0 unspecified atom stereocenters. The second-order valence-electron chi connectivity index (χ2n) is 4.44. The molecule has 0 bridgehead atoms. The Morgan fingerprint density at radius 1 is 1.00 bits per heavy atom. The fourth-order valence-corrected chi connectivity index (χ4v) is 1.51. The molecule has 0 saturated heterocycles. The summed E-state index contributed by atoms with van der Waals surface area (Å²) in [5.41, 5.74) is 0. The Morgan fingerprint density at radius 2 is 1.65 bits per heavy atom. The minimum atomic E-state index is 0.919.